The smallest absolute Gasteiger partial charge is 0.127 e. The molecule has 2 heteroatoms. The molecule has 0 amide bonds. The molecule has 0 atom stereocenters. The van der Waals surface area contributed by atoms with Gasteiger partial charge in [-0.05, 0) is 18.1 Å². The van der Waals surface area contributed by atoms with Crippen molar-refractivity contribution in [1.82, 2.24) is 0 Å². The van der Waals surface area contributed by atoms with E-state index in [2.05, 4.69) is 6.92 Å². The monoisotopic (exact) mass is 167 g/mol. The molecule has 0 aliphatic carbocycles. The Balaban J connectivity index is 2.86. The van der Waals surface area contributed by atoms with Gasteiger partial charge in [0.1, 0.15) is 5.82 Å². The van der Waals surface area contributed by atoms with Gasteiger partial charge in [-0.15, -0.1) is 0 Å². The van der Waals surface area contributed by atoms with E-state index in [9.17, 15) is 4.39 Å². The quantitative estimate of drug-likeness (QED) is 0.734. The minimum atomic E-state index is -0.177. The summed E-state index contributed by atoms with van der Waals surface area (Å²) in [6.07, 6.45) is 1.98. The summed E-state index contributed by atoms with van der Waals surface area (Å²) in [4.78, 5) is 0. The fourth-order valence-corrected chi connectivity index (χ4v) is 1.20. The molecule has 0 fully saturated rings. The number of halogens is 1. The van der Waals surface area contributed by atoms with Gasteiger partial charge < -0.3 is 5.73 Å². The van der Waals surface area contributed by atoms with Gasteiger partial charge >= 0.3 is 0 Å². The molecule has 1 aromatic rings. The van der Waals surface area contributed by atoms with Gasteiger partial charge in [-0.1, -0.05) is 25.5 Å². The van der Waals surface area contributed by atoms with E-state index in [1.807, 2.05) is 6.07 Å². The van der Waals surface area contributed by atoms with Crippen molar-refractivity contribution >= 4 is 0 Å². The molecule has 1 nitrogen and oxygen atoms in total. The highest BCUT2D eigenvalue weighted by molar-refractivity contribution is 5.24. The number of rotatable bonds is 3. The predicted octanol–water partition coefficient (Wildman–Crippen LogP) is 2.24. The van der Waals surface area contributed by atoms with E-state index in [1.54, 1.807) is 12.1 Å². The third kappa shape index (κ3) is 2.05. The Kier molecular flexibility index (Phi) is 3.23. The maximum Gasteiger partial charge on any atom is 0.127 e. The maximum absolute atomic E-state index is 13.1. The van der Waals surface area contributed by atoms with Crippen LogP contribution < -0.4 is 5.73 Å². The summed E-state index contributed by atoms with van der Waals surface area (Å²) in [7, 11) is 0. The van der Waals surface area contributed by atoms with E-state index in [1.165, 1.54) is 0 Å². The largest absolute Gasteiger partial charge is 0.326 e. The molecule has 0 aliphatic rings. The van der Waals surface area contributed by atoms with Gasteiger partial charge in [0.25, 0.3) is 0 Å². The summed E-state index contributed by atoms with van der Waals surface area (Å²) >= 11 is 0. The van der Waals surface area contributed by atoms with E-state index < -0.39 is 0 Å². The molecule has 0 bridgehead atoms. The Morgan fingerprint density at radius 3 is 2.67 bits per heavy atom. The normalized spacial score (nSPS) is 10.2. The lowest BCUT2D eigenvalue weighted by Crippen LogP contribution is -2.00. The van der Waals surface area contributed by atoms with Crippen LogP contribution in [0.25, 0.3) is 0 Å². The second kappa shape index (κ2) is 4.21. The molecule has 0 saturated carbocycles. The lowest BCUT2D eigenvalue weighted by atomic mass is 10.1. The van der Waals surface area contributed by atoms with Gasteiger partial charge in [0, 0.05) is 12.1 Å². The fourth-order valence-electron chi connectivity index (χ4n) is 1.20. The van der Waals surface area contributed by atoms with E-state index in [4.69, 9.17) is 5.73 Å². The zero-order chi connectivity index (χ0) is 8.97. The molecular weight excluding hydrogens is 153 g/mol. The van der Waals surface area contributed by atoms with Crippen molar-refractivity contribution in [3.63, 3.8) is 0 Å². The van der Waals surface area contributed by atoms with E-state index in [0.29, 0.717) is 5.56 Å². The average molecular weight is 167 g/mol. The topological polar surface area (TPSA) is 26.0 Å². The maximum atomic E-state index is 13.1. The van der Waals surface area contributed by atoms with Crippen molar-refractivity contribution < 1.29 is 4.39 Å². The van der Waals surface area contributed by atoms with Gasteiger partial charge in [-0.25, -0.2) is 4.39 Å². The Morgan fingerprint density at radius 1 is 1.42 bits per heavy atom. The standard InChI is InChI=1S/C10H14FN/c1-2-3-8-4-5-9(7-12)10(11)6-8/h4-6H,2-3,7,12H2,1H3. The minimum absolute atomic E-state index is 0.177. The second-order valence-electron chi connectivity index (χ2n) is 2.88. The molecule has 0 heterocycles. The second-order valence-corrected chi connectivity index (χ2v) is 2.88. The molecule has 0 spiro atoms. The molecule has 1 aromatic carbocycles. The van der Waals surface area contributed by atoms with Crippen LogP contribution in [0.3, 0.4) is 0 Å². The molecule has 0 saturated heterocycles. The summed E-state index contributed by atoms with van der Waals surface area (Å²) in [6.45, 7) is 2.35. The zero-order valence-electron chi connectivity index (χ0n) is 7.31. The lowest BCUT2D eigenvalue weighted by molar-refractivity contribution is 0.608. The number of benzene rings is 1. The Bertz CT molecular complexity index is 258. The molecule has 1 rings (SSSR count). The van der Waals surface area contributed by atoms with Crippen molar-refractivity contribution in [1.29, 1.82) is 0 Å². The Morgan fingerprint density at radius 2 is 2.17 bits per heavy atom. The predicted molar refractivity (Wildman–Crippen MR) is 48.3 cm³/mol. The van der Waals surface area contributed by atoms with Gasteiger partial charge in [-0.2, -0.15) is 0 Å². The van der Waals surface area contributed by atoms with Crippen molar-refractivity contribution in [2.24, 2.45) is 5.73 Å². The summed E-state index contributed by atoms with van der Waals surface area (Å²) in [5.41, 5.74) is 6.98. The van der Waals surface area contributed by atoms with Gasteiger partial charge in [0.15, 0.2) is 0 Å². The highest BCUT2D eigenvalue weighted by Crippen LogP contribution is 2.11. The van der Waals surface area contributed by atoms with Gasteiger partial charge in [0.05, 0.1) is 0 Å². The molecule has 66 valence electrons. The van der Waals surface area contributed by atoms with Crippen LogP contribution in [-0.2, 0) is 13.0 Å². The minimum Gasteiger partial charge on any atom is -0.326 e. The summed E-state index contributed by atoms with van der Waals surface area (Å²) in [5.74, 6) is -0.177. The van der Waals surface area contributed by atoms with Crippen molar-refractivity contribution in [2.75, 3.05) is 0 Å². The number of hydrogen-bond acceptors (Lipinski definition) is 1. The molecule has 0 aliphatic heterocycles. The summed E-state index contributed by atoms with van der Waals surface area (Å²) < 4.78 is 13.1. The average Bonchev–Trinajstić information content (AvgIpc) is 2.05. The van der Waals surface area contributed by atoms with Crippen LogP contribution >= 0.6 is 0 Å². The highest BCUT2D eigenvalue weighted by atomic mass is 19.1. The first-order valence-electron chi connectivity index (χ1n) is 4.25. The van der Waals surface area contributed by atoms with Crippen LogP contribution in [0.1, 0.15) is 24.5 Å². The molecule has 2 N–H and O–H groups in total. The SMILES string of the molecule is CCCc1ccc(CN)c(F)c1. The van der Waals surface area contributed by atoms with Crippen LogP contribution in [0.5, 0.6) is 0 Å². The number of nitrogens with two attached hydrogens (primary N) is 1. The molecule has 0 unspecified atom stereocenters. The van der Waals surface area contributed by atoms with Crippen molar-refractivity contribution in [3.05, 3.63) is 35.1 Å². The van der Waals surface area contributed by atoms with Crippen molar-refractivity contribution in [2.45, 2.75) is 26.3 Å². The third-order valence-corrected chi connectivity index (χ3v) is 1.88. The van der Waals surface area contributed by atoms with Crippen LogP contribution in [0, 0.1) is 5.82 Å². The number of aryl methyl sites for hydroxylation is 1. The fraction of sp³-hybridized carbons (Fsp3) is 0.400. The highest BCUT2D eigenvalue weighted by Gasteiger charge is 2.00. The first-order valence-corrected chi connectivity index (χ1v) is 4.25. The molecular formula is C10H14FN. The molecule has 0 radical (unpaired) electrons. The summed E-state index contributed by atoms with van der Waals surface area (Å²) in [5, 5.41) is 0. The van der Waals surface area contributed by atoms with E-state index in [-0.39, 0.29) is 12.4 Å². The van der Waals surface area contributed by atoms with E-state index >= 15 is 0 Å². The van der Waals surface area contributed by atoms with Crippen LogP contribution in [0.4, 0.5) is 4.39 Å². The van der Waals surface area contributed by atoms with Gasteiger partial charge in [-0.3, -0.25) is 0 Å². The van der Waals surface area contributed by atoms with Crippen LogP contribution in [0.15, 0.2) is 18.2 Å². The Labute approximate surface area is 72.4 Å². The molecule has 12 heavy (non-hydrogen) atoms. The first kappa shape index (κ1) is 9.20. The summed E-state index contributed by atoms with van der Waals surface area (Å²) in [6, 6.07) is 5.28. The van der Waals surface area contributed by atoms with E-state index in [0.717, 1.165) is 18.4 Å². The van der Waals surface area contributed by atoms with Crippen LogP contribution in [-0.4, -0.2) is 0 Å². The third-order valence-electron chi connectivity index (χ3n) is 1.88. The van der Waals surface area contributed by atoms with Crippen molar-refractivity contribution in [3.8, 4) is 0 Å². The van der Waals surface area contributed by atoms with Gasteiger partial charge in [0.2, 0.25) is 0 Å². The Hall–Kier alpha value is -0.890. The molecule has 0 aromatic heterocycles. The lowest BCUT2D eigenvalue weighted by Gasteiger charge is -2.02. The number of hydrogen-bond donors (Lipinski definition) is 1. The zero-order valence-corrected chi connectivity index (χ0v) is 7.31. The first-order chi connectivity index (χ1) is 5.77. The van der Waals surface area contributed by atoms with Crippen LogP contribution in [0.2, 0.25) is 0 Å².